The van der Waals surface area contributed by atoms with Gasteiger partial charge in [-0.15, -0.1) is 0 Å². The minimum atomic E-state index is 0.0537. The van der Waals surface area contributed by atoms with E-state index in [1.54, 1.807) is 22.7 Å². The summed E-state index contributed by atoms with van der Waals surface area (Å²) in [4.78, 5) is 8.83. The number of aromatic nitrogens is 2. The topological polar surface area (TPSA) is 77.8 Å². The molecule has 1 fully saturated rings. The molecule has 0 radical (unpaired) electrons. The summed E-state index contributed by atoms with van der Waals surface area (Å²) < 4.78 is 2.35. The summed E-state index contributed by atoms with van der Waals surface area (Å²) in [7, 11) is 0. The molecular formula is C20H20N4S2. The van der Waals surface area contributed by atoms with E-state index in [0.29, 0.717) is 10.3 Å². The van der Waals surface area contributed by atoms with Gasteiger partial charge in [0.2, 0.25) is 0 Å². The molecule has 4 N–H and O–H groups in total. The van der Waals surface area contributed by atoms with Crippen LogP contribution in [0, 0.1) is 0 Å². The first kappa shape index (κ1) is 16.0. The molecule has 132 valence electrons. The number of hydrogen-bond acceptors (Lipinski definition) is 6. The number of nitrogens with two attached hydrogens (primary N) is 2. The standard InChI is InChI=1S/C20H20N4S2/c21-18-23-14-6-4-12(10-16(14)25-18)20(8-2-1-3-9-20)13-5-7-15-17(11-13)26-19(22)24-15/h4-7,10-11H,1-3,8-9H2,(H2,21,23)(H2,22,24). The number of hydrogen-bond donors (Lipinski definition) is 2. The molecule has 1 saturated carbocycles. The Hall–Kier alpha value is -2.18. The van der Waals surface area contributed by atoms with Crippen LogP contribution in [0.5, 0.6) is 0 Å². The van der Waals surface area contributed by atoms with Gasteiger partial charge in [-0.25, -0.2) is 9.97 Å². The molecule has 0 amide bonds. The first-order valence-corrected chi connectivity index (χ1v) is 10.6. The summed E-state index contributed by atoms with van der Waals surface area (Å²) >= 11 is 3.14. The highest BCUT2D eigenvalue weighted by Gasteiger charge is 2.36. The quantitative estimate of drug-likeness (QED) is 0.493. The van der Waals surface area contributed by atoms with E-state index in [9.17, 15) is 0 Å². The van der Waals surface area contributed by atoms with E-state index in [4.69, 9.17) is 11.5 Å². The molecule has 2 heterocycles. The summed E-state index contributed by atoms with van der Waals surface area (Å²) in [5.41, 5.74) is 16.6. The van der Waals surface area contributed by atoms with E-state index in [2.05, 4.69) is 46.4 Å². The van der Waals surface area contributed by atoms with Crippen molar-refractivity contribution in [1.29, 1.82) is 0 Å². The van der Waals surface area contributed by atoms with Crippen molar-refractivity contribution in [1.82, 2.24) is 9.97 Å². The zero-order chi connectivity index (χ0) is 17.7. The number of benzene rings is 2. The van der Waals surface area contributed by atoms with Gasteiger partial charge >= 0.3 is 0 Å². The smallest absolute Gasteiger partial charge is 0.181 e. The van der Waals surface area contributed by atoms with Gasteiger partial charge in [-0.05, 0) is 48.2 Å². The Morgan fingerprint density at radius 2 is 1.23 bits per heavy atom. The van der Waals surface area contributed by atoms with Crippen molar-refractivity contribution in [3.05, 3.63) is 47.5 Å². The highest BCUT2D eigenvalue weighted by Crippen LogP contribution is 2.47. The van der Waals surface area contributed by atoms with Crippen LogP contribution in [-0.4, -0.2) is 9.97 Å². The van der Waals surface area contributed by atoms with Gasteiger partial charge in [-0.2, -0.15) is 0 Å². The molecular weight excluding hydrogens is 360 g/mol. The maximum absolute atomic E-state index is 5.92. The largest absolute Gasteiger partial charge is 0.375 e. The molecule has 1 aliphatic carbocycles. The molecule has 0 spiro atoms. The van der Waals surface area contributed by atoms with Gasteiger partial charge in [-0.3, -0.25) is 0 Å². The normalized spacial score (nSPS) is 17.1. The Balaban J connectivity index is 1.70. The predicted molar refractivity (Wildman–Crippen MR) is 112 cm³/mol. The third-order valence-corrected chi connectivity index (χ3v) is 7.32. The molecule has 4 aromatic rings. The number of fused-ring (bicyclic) bond motifs is 2. The number of anilines is 2. The zero-order valence-corrected chi connectivity index (χ0v) is 16.0. The van der Waals surface area contributed by atoms with E-state index in [1.165, 1.54) is 52.6 Å². The van der Waals surface area contributed by atoms with Crippen molar-refractivity contribution in [2.75, 3.05) is 11.5 Å². The molecule has 26 heavy (non-hydrogen) atoms. The second kappa shape index (κ2) is 5.93. The third kappa shape index (κ3) is 2.47. The summed E-state index contributed by atoms with van der Waals surface area (Å²) in [5.74, 6) is 0. The Kier molecular flexibility index (Phi) is 3.65. The lowest BCUT2D eigenvalue weighted by Crippen LogP contribution is -2.30. The van der Waals surface area contributed by atoms with E-state index in [1.807, 2.05) is 0 Å². The average molecular weight is 381 g/mol. The van der Waals surface area contributed by atoms with Crippen molar-refractivity contribution in [3.63, 3.8) is 0 Å². The highest BCUT2D eigenvalue weighted by atomic mass is 32.1. The fourth-order valence-electron chi connectivity index (χ4n) is 4.38. The van der Waals surface area contributed by atoms with Crippen molar-refractivity contribution in [3.8, 4) is 0 Å². The first-order chi connectivity index (χ1) is 12.6. The van der Waals surface area contributed by atoms with Gasteiger partial charge in [0, 0.05) is 5.41 Å². The number of nitrogen functional groups attached to an aromatic ring is 2. The van der Waals surface area contributed by atoms with Crippen LogP contribution in [-0.2, 0) is 5.41 Å². The molecule has 6 heteroatoms. The van der Waals surface area contributed by atoms with Gasteiger partial charge in [0.1, 0.15) is 0 Å². The summed E-state index contributed by atoms with van der Waals surface area (Å²) in [6, 6.07) is 13.4. The average Bonchev–Trinajstić information content (AvgIpc) is 3.21. The molecule has 2 aromatic carbocycles. The summed E-state index contributed by atoms with van der Waals surface area (Å²) in [5, 5.41) is 1.27. The molecule has 5 rings (SSSR count). The second-order valence-corrected chi connectivity index (χ2v) is 9.24. The number of nitrogens with zero attached hydrogens (tertiary/aromatic N) is 2. The zero-order valence-electron chi connectivity index (χ0n) is 14.4. The van der Waals surface area contributed by atoms with Crippen LogP contribution in [0.25, 0.3) is 20.4 Å². The molecule has 1 aliphatic rings. The number of thiazole rings is 2. The van der Waals surface area contributed by atoms with E-state index < -0.39 is 0 Å². The van der Waals surface area contributed by atoms with Gasteiger partial charge in [0.25, 0.3) is 0 Å². The van der Waals surface area contributed by atoms with E-state index in [0.717, 1.165) is 11.0 Å². The predicted octanol–water partition coefficient (Wildman–Crippen LogP) is 5.32. The molecule has 0 atom stereocenters. The molecule has 2 aromatic heterocycles. The van der Waals surface area contributed by atoms with Gasteiger partial charge in [0.15, 0.2) is 10.3 Å². The third-order valence-electron chi connectivity index (χ3n) is 5.62. The van der Waals surface area contributed by atoms with Crippen LogP contribution in [0.2, 0.25) is 0 Å². The van der Waals surface area contributed by atoms with Crippen molar-refractivity contribution in [2.45, 2.75) is 37.5 Å². The SMILES string of the molecule is Nc1nc2ccc(C3(c4ccc5nc(N)sc5c4)CCCCC3)cc2s1. The van der Waals surface area contributed by atoms with Crippen LogP contribution < -0.4 is 11.5 Å². The molecule has 0 bridgehead atoms. The fraction of sp³-hybridized carbons (Fsp3) is 0.300. The van der Waals surface area contributed by atoms with Crippen molar-refractivity contribution in [2.24, 2.45) is 0 Å². The highest BCUT2D eigenvalue weighted by molar-refractivity contribution is 7.22. The monoisotopic (exact) mass is 380 g/mol. The Morgan fingerprint density at radius 3 is 1.73 bits per heavy atom. The molecule has 0 aliphatic heterocycles. The first-order valence-electron chi connectivity index (χ1n) is 8.97. The van der Waals surface area contributed by atoms with Crippen LogP contribution in [0.15, 0.2) is 36.4 Å². The van der Waals surface area contributed by atoms with Crippen LogP contribution >= 0.6 is 22.7 Å². The molecule has 0 saturated heterocycles. The Bertz CT molecular complexity index is 1020. The lowest BCUT2D eigenvalue weighted by molar-refractivity contribution is 0.346. The second-order valence-electron chi connectivity index (χ2n) is 7.11. The minimum absolute atomic E-state index is 0.0537. The van der Waals surface area contributed by atoms with Gasteiger partial charge in [-0.1, -0.05) is 54.1 Å². The lowest BCUT2D eigenvalue weighted by Gasteiger charge is -2.38. The fourth-order valence-corrected chi connectivity index (χ4v) is 5.93. The molecule has 0 unspecified atom stereocenters. The van der Waals surface area contributed by atoms with Crippen molar-refractivity contribution < 1.29 is 0 Å². The van der Waals surface area contributed by atoms with Gasteiger partial charge in [0.05, 0.1) is 20.4 Å². The maximum Gasteiger partial charge on any atom is 0.181 e. The van der Waals surface area contributed by atoms with E-state index in [-0.39, 0.29) is 5.41 Å². The van der Waals surface area contributed by atoms with Gasteiger partial charge < -0.3 is 11.5 Å². The molecule has 4 nitrogen and oxygen atoms in total. The van der Waals surface area contributed by atoms with Crippen LogP contribution in [0.3, 0.4) is 0 Å². The number of rotatable bonds is 2. The minimum Gasteiger partial charge on any atom is -0.375 e. The van der Waals surface area contributed by atoms with Crippen LogP contribution in [0.4, 0.5) is 10.3 Å². The Labute approximate surface area is 159 Å². The lowest BCUT2D eigenvalue weighted by atomic mass is 9.65. The summed E-state index contributed by atoms with van der Waals surface area (Å²) in [6.45, 7) is 0. The van der Waals surface area contributed by atoms with Crippen LogP contribution in [0.1, 0.15) is 43.2 Å². The van der Waals surface area contributed by atoms with E-state index >= 15 is 0 Å². The van der Waals surface area contributed by atoms with Crippen molar-refractivity contribution >= 4 is 53.4 Å². The maximum atomic E-state index is 5.92. The Morgan fingerprint density at radius 1 is 0.731 bits per heavy atom. The summed E-state index contributed by atoms with van der Waals surface area (Å²) in [6.07, 6.45) is 6.17.